The Labute approximate surface area is 132 Å². The minimum atomic E-state index is 0.651. The van der Waals surface area contributed by atoms with Crippen LogP contribution in [0.3, 0.4) is 0 Å². The summed E-state index contributed by atoms with van der Waals surface area (Å²) in [6.07, 6.45) is 3.50. The molecular weight excluding hydrogens is 294 g/mol. The highest BCUT2D eigenvalue weighted by atomic mass is 32.2. The van der Waals surface area contributed by atoms with Crippen LogP contribution in [0.4, 0.5) is 5.82 Å². The first-order valence-corrected chi connectivity index (χ1v) is 7.48. The Hall–Kier alpha value is -2.78. The number of rotatable bonds is 4. The fourth-order valence-corrected chi connectivity index (χ4v) is 2.56. The number of hydrogen-bond donors (Lipinski definition) is 1. The SMILES string of the molecule is Cc1ccnc(-n2nccc2NSc2ccc(C#N)cc2)c1. The molecule has 0 spiro atoms. The Balaban J connectivity index is 1.76. The summed E-state index contributed by atoms with van der Waals surface area (Å²) in [5, 5.41) is 13.1. The monoisotopic (exact) mass is 307 g/mol. The van der Waals surface area contributed by atoms with E-state index in [9.17, 15) is 0 Å². The van der Waals surface area contributed by atoms with Crippen LogP contribution in [-0.2, 0) is 0 Å². The van der Waals surface area contributed by atoms with Gasteiger partial charge in [-0.1, -0.05) is 0 Å². The number of nitrogens with one attached hydrogen (secondary N) is 1. The molecule has 2 heterocycles. The van der Waals surface area contributed by atoms with Gasteiger partial charge in [-0.2, -0.15) is 15.0 Å². The van der Waals surface area contributed by atoms with Crippen LogP contribution >= 0.6 is 11.9 Å². The lowest BCUT2D eigenvalue weighted by Crippen LogP contribution is -2.03. The lowest BCUT2D eigenvalue weighted by molar-refractivity contribution is 0.855. The van der Waals surface area contributed by atoms with E-state index in [4.69, 9.17) is 5.26 Å². The predicted molar refractivity (Wildman–Crippen MR) is 86.7 cm³/mol. The van der Waals surface area contributed by atoms with E-state index in [1.54, 1.807) is 29.2 Å². The van der Waals surface area contributed by atoms with Crippen molar-refractivity contribution in [3.05, 3.63) is 66.0 Å². The van der Waals surface area contributed by atoms with Gasteiger partial charge in [0.2, 0.25) is 0 Å². The average molecular weight is 307 g/mol. The molecule has 2 aromatic heterocycles. The molecule has 0 atom stereocenters. The van der Waals surface area contributed by atoms with Crippen molar-refractivity contribution in [3.8, 4) is 11.9 Å². The number of aryl methyl sites for hydroxylation is 1. The normalized spacial score (nSPS) is 10.2. The molecule has 0 aliphatic rings. The van der Waals surface area contributed by atoms with Gasteiger partial charge in [-0.3, -0.25) is 0 Å². The Morgan fingerprint density at radius 3 is 2.68 bits per heavy atom. The topological polar surface area (TPSA) is 66.5 Å². The van der Waals surface area contributed by atoms with Crippen molar-refractivity contribution in [2.24, 2.45) is 0 Å². The molecule has 5 nitrogen and oxygen atoms in total. The molecule has 0 radical (unpaired) electrons. The smallest absolute Gasteiger partial charge is 0.155 e. The third kappa shape index (κ3) is 3.10. The molecule has 1 aromatic carbocycles. The maximum atomic E-state index is 8.80. The minimum absolute atomic E-state index is 0.651. The zero-order chi connectivity index (χ0) is 15.4. The summed E-state index contributed by atoms with van der Waals surface area (Å²) in [5.74, 6) is 1.61. The molecule has 0 saturated carbocycles. The fraction of sp³-hybridized carbons (Fsp3) is 0.0625. The average Bonchev–Trinajstić information content (AvgIpc) is 3.02. The summed E-state index contributed by atoms with van der Waals surface area (Å²) in [6.45, 7) is 2.02. The van der Waals surface area contributed by atoms with Crippen molar-refractivity contribution in [1.82, 2.24) is 14.8 Å². The Bertz CT molecular complexity index is 817. The van der Waals surface area contributed by atoms with Crippen LogP contribution < -0.4 is 4.72 Å². The lowest BCUT2D eigenvalue weighted by Gasteiger charge is -2.09. The number of benzene rings is 1. The maximum Gasteiger partial charge on any atom is 0.155 e. The van der Waals surface area contributed by atoms with Crippen LogP contribution in [0.25, 0.3) is 5.82 Å². The van der Waals surface area contributed by atoms with Crippen molar-refractivity contribution >= 4 is 17.8 Å². The number of anilines is 1. The van der Waals surface area contributed by atoms with Gasteiger partial charge in [0.05, 0.1) is 17.8 Å². The summed E-state index contributed by atoms with van der Waals surface area (Å²) < 4.78 is 5.01. The summed E-state index contributed by atoms with van der Waals surface area (Å²) in [6, 6.07) is 15.3. The Morgan fingerprint density at radius 2 is 1.95 bits per heavy atom. The van der Waals surface area contributed by atoms with Gasteiger partial charge in [-0.05, 0) is 60.8 Å². The van der Waals surface area contributed by atoms with Crippen molar-refractivity contribution in [1.29, 1.82) is 5.26 Å². The molecule has 0 amide bonds. The quantitative estimate of drug-likeness (QED) is 0.746. The van der Waals surface area contributed by atoms with Gasteiger partial charge in [0, 0.05) is 17.2 Å². The van der Waals surface area contributed by atoms with E-state index in [1.165, 1.54) is 11.9 Å². The largest absolute Gasteiger partial charge is 0.310 e. The maximum absolute atomic E-state index is 8.80. The Kier molecular flexibility index (Phi) is 4.08. The molecule has 22 heavy (non-hydrogen) atoms. The molecular formula is C16H13N5S. The molecule has 3 rings (SSSR count). The third-order valence-electron chi connectivity index (χ3n) is 3.02. The van der Waals surface area contributed by atoms with Crippen molar-refractivity contribution in [2.45, 2.75) is 11.8 Å². The van der Waals surface area contributed by atoms with Crippen LogP contribution in [0.2, 0.25) is 0 Å². The van der Waals surface area contributed by atoms with E-state index in [0.717, 1.165) is 22.1 Å². The predicted octanol–water partition coefficient (Wildman–Crippen LogP) is 3.57. The van der Waals surface area contributed by atoms with Gasteiger partial charge in [-0.15, -0.1) is 0 Å². The molecule has 0 saturated heterocycles. The van der Waals surface area contributed by atoms with E-state index in [-0.39, 0.29) is 0 Å². The highest BCUT2D eigenvalue weighted by Crippen LogP contribution is 2.22. The molecule has 108 valence electrons. The van der Waals surface area contributed by atoms with E-state index in [2.05, 4.69) is 20.9 Å². The fourth-order valence-electron chi connectivity index (χ4n) is 1.91. The first-order valence-electron chi connectivity index (χ1n) is 6.66. The van der Waals surface area contributed by atoms with Crippen LogP contribution in [0.15, 0.2) is 59.8 Å². The molecule has 3 aromatic rings. The molecule has 0 bridgehead atoms. The highest BCUT2D eigenvalue weighted by molar-refractivity contribution is 8.00. The van der Waals surface area contributed by atoms with Crippen LogP contribution in [-0.4, -0.2) is 14.8 Å². The first-order chi connectivity index (χ1) is 10.8. The summed E-state index contributed by atoms with van der Waals surface area (Å²) in [5.41, 5.74) is 1.78. The van der Waals surface area contributed by atoms with Crippen LogP contribution in [0, 0.1) is 18.3 Å². The van der Waals surface area contributed by atoms with Gasteiger partial charge in [0.1, 0.15) is 5.82 Å². The third-order valence-corrected chi connectivity index (χ3v) is 3.84. The van der Waals surface area contributed by atoms with Crippen LogP contribution in [0.1, 0.15) is 11.1 Å². The summed E-state index contributed by atoms with van der Waals surface area (Å²) in [4.78, 5) is 5.35. The standard InChI is InChI=1S/C16H13N5S/c1-12-6-8-18-16(10-12)21-15(7-9-19-21)20-22-14-4-2-13(11-17)3-5-14/h2-10,20H,1H3. The number of aromatic nitrogens is 3. The zero-order valence-corrected chi connectivity index (χ0v) is 12.7. The lowest BCUT2D eigenvalue weighted by atomic mass is 10.2. The number of nitriles is 1. The second kappa shape index (κ2) is 6.33. The first kappa shape index (κ1) is 14.2. The molecule has 0 aliphatic heterocycles. The molecule has 0 aliphatic carbocycles. The number of nitrogens with zero attached hydrogens (tertiary/aromatic N) is 4. The van der Waals surface area contributed by atoms with Gasteiger partial charge in [-0.25, -0.2) is 4.98 Å². The second-order valence-electron chi connectivity index (χ2n) is 4.66. The molecule has 0 unspecified atom stereocenters. The van der Waals surface area contributed by atoms with Gasteiger partial charge < -0.3 is 4.72 Å². The van der Waals surface area contributed by atoms with E-state index in [1.807, 2.05) is 37.3 Å². The molecule has 6 heteroatoms. The minimum Gasteiger partial charge on any atom is -0.310 e. The summed E-state index contributed by atoms with van der Waals surface area (Å²) >= 11 is 1.46. The highest BCUT2D eigenvalue weighted by Gasteiger charge is 2.06. The van der Waals surface area contributed by atoms with Gasteiger partial charge in [0.25, 0.3) is 0 Å². The van der Waals surface area contributed by atoms with E-state index < -0.39 is 0 Å². The number of pyridine rings is 1. The van der Waals surface area contributed by atoms with Gasteiger partial charge >= 0.3 is 0 Å². The second-order valence-corrected chi connectivity index (χ2v) is 5.54. The Morgan fingerprint density at radius 1 is 1.14 bits per heavy atom. The molecule has 1 N–H and O–H groups in total. The van der Waals surface area contributed by atoms with E-state index >= 15 is 0 Å². The van der Waals surface area contributed by atoms with Crippen molar-refractivity contribution in [2.75, 3.05) is 4.72 Å². The number of hydrogen-bond acceptors (Lipinski definition) is 5. The van der Waals surface area contributed by atoms with Gasteiger partial charge in [0.15, 0.2) is 5.82 Å². The van der Waals surface area contributed by atoms with Crippen molar-refractivity contribution in [3.63, 3.8) is 0 Å². The summed E-state index contributed by atoms with van der Waals surface area (Å²) in [7, 11) is 0. The van der Waals surface area contributed by atoms with E-state index in [0.29, 0.717) is 5.56 Å². The van der Waals surface area contributed by atoms with Crippen LogP contribution in [0.5, 0.6) is 0 Å². The van der Waals surface area contributed by atoms with Crippen molar-refractivity contribution < 1.29 is 0 Å². The molecule has 0 fully saturated rings. The zero-order valence-electron chi connectivity index (χ0n) is 11.9.